The molecule has 2 N–H and O–H groups in total. The number of nitrogens with zero attached hydrogens (tertiary/aromatic N) is 1. The smallest absolute Gasteiger partial charge is 0.419 e. The summed E-state index contributed by atoms with van der Waals surface area (Å²) in [5.41, 5.74) is 0.811. The fourth-order valence-electron chi connectivity index (χ4n) is 1.43. The van der Waals surface area contributed by atoms with Gasteiger partial charge in [0, 0.05) is 0 Å². The van der Waals surface area contributed by atoms with Crippen molar-refractivity contribution in [2.45, 2.75) is 0 Å². The van der Waals surface area contributed by atoms with Crippen molar-refractivity contribution in [3.63, 3.8) is 0 Å². The first-order valence-electron chi connectivity index (χ1n) is 4.52. The van der Waals surface area contributed by atoms with E-state index >= 15 is 0 Å². The molecule has 5 nitrogen and oxygen atoms in total. The van der Waals surface area contributed by atoms with Crippen LogP contribution in [0.25, 0.3) is 21.0 Å². The van der Waals surface area contributed by atoms with Gasteiger partial charge in [0.1, 0.15) is 0 Å². The highest BCUT2D eigenvalue weighted by Gasteiger charge is 2.15. The minimum atomic E-state index is -0.688. The molecule has 0 atom stereocenters. The van der Waals surface area contributed by atoms with Gasteiger partial charge in [0.05, 0.1) is 10.2 Å². The summed E-state index contributed by atoms with van der Waals surface area (Å²) in [6.07, 6.45) is 0. The first-order valence-corrected chi connectivity index (χ1v) is 5.34. The van der Waals surface area contributed by atoms with E-state index in [0.717, 1.165) is 10.2 Å². The second-order valence-electron chi connectivity index (χ2n) is 3.18. The van der Waals surface area contributed by atoms with Gasteiger partial charge < -0.3 is 9.52 Å². The highest BCUT2D eigenvalue weighted by Crippen LogP contribution is 2.33. The number of thiazole rings is 1. The second-order valence-corrected chi connectivity index (χ2v) is 4.21. The number of rotatable bonds is 1. The number of nitrogens with one attached hydrogen (secondary N) is 1. The maximum absolute atomic E-state index is 10.9. The lowest BCUT2D eigenvalue weighted by Crippen LogP contribution is -1.92. The first-order chi connectivity index (χ1) is 7.74. The van der Waals surface area contributed by atoms with E-state index in [2.05, 4.69) is 9.97 Å². The van der Waals surface area contributed by atoms with Crippen molar-refractivity contribution in [3.05, 3.63) is 34.8 Å². The molecule has 3 rings (SSSR count). The van der Waals surface area contributed by atoms with Crippen LogP contribution in [0.4, 0.5) is 0 Å². The second kappa shape index (κ2) is 3.21. The number of oxazole rings is 1. The number of fused-ring (bicyclic) bond motifs is 1. The highest BCUT2D eigenvalue weighted by molar-refractivity contribution is 7.21. The lowest BCUT2D eigenvalue weighted by molar-refractivity contribution is 0.452. The van der Waals surface area contributed by atoms with Crippen LogP contribution in [0.2, 0.25) is 0 Å². The number of H-pyrrole nitrogens is 1. The van der Waals surface area contributed by atoms with Gasteiger partial charge >= 0.3 is 5.76 Å². The van der Waals surface area contributed by atoms with Crippen LogP contribution in [-0.2, 0) is 0 Å². The summed E-state index contributed by atoms with van der Waals surface area (Å²) in [5, 5.41) is 9.91. The maximum atomic E-state index is 10.9. The number of hydrogen-bond acceptors (Lipinski definition) is 5. The molecule has 0 saturated carbocycles. The summed E-state index contributed by atoms with van der Waals surface area (Å²) in [5.74, 6) is -0.887. The Balaban J connectivity index is 2.26. The molecule has 16 heavy (non-hydrogen) atoms. The quantitative estimate of drug-likeness (QED) is 0.674. The Morgan fingerprint density at radius 3 is 2.88 bits per heavy atom. The van der Waals surface area contributed by atoms with Crippen molar-refractivity contribution < 1.29 is 9.52 Å². The van der Waals surface area contributed by atoms with Crippen LogP contribution in [0.15, 0.2) is 33.5 Å². The molecule has 2 heterocycles. The highest BCUT2D eigenvalue weighted by atomic mass is 32.1. The minimum absolute atomic E-state index is 0.0891. The summed E-state index contributed by atoms with van der Waals surface area (Å²) in [6, 6.07) is 7.55. The summed E-state index contributed by atoms with van der Waals surface area (Å²) in [6.45, 7) is 0. The zero-order valence-corrected chi connectivity index (χ0v) is 8.75. The fraction of sp³-hybridized carbons (Fsp3) is 0. The van der Waals surface area contributed by atoms with Gasteiger partial charge in [-0.3, -0.25) is 4.98 Å². The van der Waals surface area contributed by atoms with E-state index in [1.165, 1.54) is 11.3 Å². The topological polar surface area (TPSA) is 79.1 Å². The zero-order chi connectivity index (χ0) is 11.1. The number of aromatic hydroxyl groups is 1. The Kier molecular flexibility index (Phi) is 1.84. The van der Waals surface area contributed by atoms with Crippen molar-refractivity contribution in [1.29, 1.82) is 0 Å². The van der Waals surface area contributed by atoms with E-state index in [1.807, 2.05) is 24.3 Å². The van der Waals surface area contributed by atoms with Gasteiger partial charge in [0.25, 0.3) is 0 Å². The van der Waals surface area contributed by atoms with Crippen molar-refractivity contribution in [2.75, 3.05) is 0 Å². The van der Waals surface area contributed by atoms with E-state index in [0.29, 0.717) is 5.01 Å². The third kappa shape index (κ3) is 1.31. The van der Waals surface area contributed by atoms with E-state index in [4.69, 9.17) is 4.42 Å². The van der Waals surface area contributed by atoms with Crippen LogP contribution in [0.3, 0.4) is 0 Å². The summed E-state index contributed by atoms with van der Waals surface area (Å²) in [4.78, 5) is 17.3. The maximum Gasteiger partial charge on any atom is 0.419 e. The minimum Gasteiger partial charge on any atom is -0.492 e. The van der Waals surface area contributed by atoms with Crippen molar-refractivity contribution >= 4 is 21.6 Å². The predicted octanol–water partition coefficient (Wildman–Crippen LogP) is 1.95. The molecule has 1 aromatic carbocycles. The average Bonchev–Trinajstić information content (AvgIpc) is 2.81. The predicted molar refractivity (Wildman–Crippen MR) is 59.6 cm³/mol. The molecule has 0 unspecified atom stereocenters. The van der Waals surface area contributed by atoms with E-state index in [-0.39, 0.29) is 11.6 Å². The fourth-order valence-corrected chi connectivity index (χ4v) is 2.38. The number of para-hydroxylation sites is 1. The lowest BCUT2D eigenvalue weighted by atomic mass is 10.3. The third-order valence-electron chi connectivity index (χ3n) is 2.12. The lowest BCUT2D eigenvalue weighted by Gasteiger charge is -1.86. The SMILES string of the molecule is O=c1[nH]c(O)c(-c2nc3ccccc3s2)o1. The monoisotopic (exact) mass is 234 g/mol. The van der Waals surface area contributed by atoms with Gasteiger partial charge in [-0.2, -0.15) is 0 Å². The van der Waals surface area contributed by atoms with E-state index in [9.17, 15) is 9.90 Å². The molecule has 80 valence electrons. The molecule has 2 aromatic heterocycles. The zero-order valence-electron chi connectivity index (χ0n) is 7.93. The Morgan fingerprint density at radius 1 is 1.38 bits per heavy atom. The molecule has 3 aromatic rings. The van der Waals surface area contributed by atoms with Crippen LogP contribution < -0.4 is 5.76 Å². The van der Waals surface area contributed by atoms with Gasteiger partial charge in [0.15, 0.2) is 5.01 Å². The molecular weight excluding hydrogens is 228 g/mol. The Bertz CT molecular complexity index is 677. The molecule has 0 spiro atoms. The standard InChI is InChI=1S/C10H6N2O3S/c13-8-7(15-10(14)12-8)9-11-5-3-1-2-4-6(5)16-9/h1-4,13H,(H,12,14). The number of aromatic nitrogens is 2. The number of aromatic amines is 1. The van der Waals surface area contributed by atoms with Crippen molar-refractivity contribution in [2.24, 2.45) is 0 Å². The molecule has 6 heteroatoms. The molecule has 0 aliphatic heterocycles. The van der Waals surface area contributed by atoms with Gasteiger partial charge in [-0.15, -0.1) is 11.3 Å². The number of hydrogen-bond donors (Lipinski definition) is 2. The Labute approximate surface area is 93.0 Å². The third-order valence-corrected chi connectivity index (χ3v) is 3.15. The average molecular weight is 234 g/mol. The molecule has 0 amide bonds. The van der Waals surface area contributed by atoms with Gasteiger partial charge in [-0.1, -0.05) is 12.1 Å². The Hall–Kier alpha value is -2.08. The van der Waals surface area contributed by atoms with Crippen LogP contribution >= 0.6 is 11.3 Å². The Morgan fingerprint density at radius 2 is 2.19 bits per heavy atom. The number of benzene rings is 1. The molecule has 0 aliphatic carbocycles. The van der Waals surface area contributed by atoms with E-state index in [1.54, 1.807) is 0 Å². The molecule has 0 fully saturated rings. The normalized spacial score (nSPS) is 11.0. The molecule has 0 bridgehead atoms. The van der Waals surface area contributed by atoms with Gasteiger partial charge in [-0.25, -0.2) is 9.78 Å². The van der Waals surface area contributed by atoms with Crippen molar-refractivity contribution in [1.82, 2.24) is 9.97 Å². The molecule has 0 aliphatic rings. The molecule has 0 saturated heterocycles. The van der Waals surface area contributed by atoms with Gasteiger partial charge in [-0.05, 0) is 12.1 Å². The summed E-state index contributed by atoms with van der Waals surface area (Å²) < 4.78 is 5.79. The van der Waals surface area contributed by atoms with E-state index < -0.39 is 5.76 Å². The van der Waals surface area contributed by atoms with Gasteiger partial charge in [0.2, 0.25) is 11.6 Å². The molecular formula is C10H6N2O3S. The van der Waals surface area contributed by atoms with Crippen LogP contribution in [-0.4, -0.2) is 15.1 Å². The molecule has 0 radical (unpaired) electrons. The van der Waals surface area contributed by atoms with Crippen LogP contribution in [0.5, 0.6) is 5.88 Å². The van der Waals surface area contributed by atoms with Crippen molar-refractivity contribution in [3.8, 4) is 16.6 Å². The first kappa shape index (κ1) is 9.17. The van der Waals surface area contributed by atoms with Crippen LogP contribution in [0, 0.1) is 0 Å². The van der Waals surface area contributed by atoms with Crippen LogP contribution in [0.1, 0.15) is 0 Å². The summed E-state index contributed by atoms with van der Waals surface area (Å²) in [7, 11) is 0. The summed E-state index contributed by atoms with van der Waals surface area (Å²) >= 11 is 1.35. The largest absolute Gasteiger partial charge is 0.492 e.